The first-order chi connectivity index (χ1) is 8.64. The number of ether oxygens (including phenoxy) is 1. The molecule has 1 saturated heterocycles. The molecule has 0 radical (unpaired) electrons. The highest BCUT2D eigenvalue weighted by Crippen LogP contribution is 2.31. The molecule has 1 aliphatic heterocycles. The van der Waals surface area contributed by atoms with E-state index in [9.17, 15) is 4.79 Å². The number of morpholine rings is 1. The molecule has 18 heavy (non-hydrogen) atoms. The predicted molar refractivity (Wildman–Crippen MR) is 74.6 cm³/mol. The molecular formula is C15H29NO2. The third-order valence-corrected chi connectivity index (χ3v) is 4.18. The molecule has 1 fully saturated rings. The normalized spacial score (nSPS) is 19.6. The molecule has 1 rings (SSSR count). The third-order valence-electron chi connectivity index (χ3n) is 4.18. The zero-order valence-electron chi connectivity index (χ0n) is 12.3. The van der Waals surface area contributed by atoms with E-state index >= 15 is 0 Å². The highest BCUT2D eigenvalue weighted by Gasteiger charge is 2.34. The molecule has 0 spiro atoms. The van der Waals surface area contributed by atoms with E-state index in [2.05, 4.69) is 20.8 Å². The van der Waals surface area contributed by atoms with Gasteiger partial charge in [0.15, 0.2) is 0 Å². The first-order valence-corrected chi connectivity index (χ1v) is 7.51. The topological polar surface area (TPSA) is 29.5 Å². The molecule has 1 heterocycles. The largest absolute Gasteiger partial charge is 0.378 e. The summed E-state index contributed by atoms with van der Waals surface area (Å²) in [4.78, 5) is 14.6. The Labute approximate surface area is 112 Å². The molecule has 1 amide bonds. The highest BCUT2D eigenvalue weighted by atomic mass is 16.5. The SMILES string of the molecule is CCCCCCC(C)(CC)C(=O)N1CCOCC1. The maximum Gasteiger partial charge on any atom is 0.228 e. The quantitative estimate of drug-likeness (QED) is 0.654. The van der Waals surface area contributed by atoms with Crippen molar-refractivity contribution in [3.05, 3.63) is 0 Å². The van der Waals surface area contributed by atoms with Crippen LogP contribution in [0.1, 0.15) is 59.3 Å². The van der Waals surface area contributed by atoms with Crippen molar-refractivity contribution in [3.8, 4) is 0 Å². The lowest BCUT2D eigenvalue weighted by atomic mass is 9.80. The van der Waals surface area contributed by atoms with Gasteiger partial charge in [-0.25, -0.2) is 0 Å². The van der Waals surface area contributed by atoms with Gasteiger partial charge in [0, 0.05) is 18.5 Å². The van der Waals surface area contributed by atoms with Gasteiger partial charge in [0.05, 0.1) is 13.2 Å². The number of nitrogens with zero attached hydrogens (tertiary/aromatic N) is 1. The van der Waals surface area contributed by atoms with Gasteiger partial charge >= 0.3 is 0 Å². The van der Waals surface area contributed by atoms with Crippen LogP contribution in [0, 0.1) is 5.41 Å². The van der Waals surface area contributed by atoms with Crippen LogP contribution >= 0.6 is 0 Å². The van der Waals surface area contributed by atoms with Crippen LogP contribution in [0.15, 0.2) is 0 Å². The van der Waals surface area contributed by atoms with Crippen molar-refractivity contribution in [2.45, 2.75) is 59.3 Å². The maximum absolute atomic E-state index is 12.6. The number of carbonyl (C=O) groups excluding carboxylic acids is 1. The molecule has 1 atom stereocenters. The Kier molecular flexibility index (Phi) is 6.69. The molecule has 0 aromatic heterocycles. The van der Waals surface area contributed by atoms with Crippen LogP contribution < -0.4 is 0 Å². The molecule has 3 heteroatoms. The van der Waals surface area contributed by atoms with Crippen molar-refractivity contribution in [1.82, 2.24) is 4.90 Å². The number of carbonyl (C=O) groups is 1. The molecule has 3 nitrogen and oxygen atoms in total. The van der Waals surface area contributed by atoms with Crippen molar-refractivity contribution >= 4 is 5.91 Å². The first-order valence-electron chi connectivity index (χ1n) is 7.51. The average molecular weight is 255 g/mol. The number of hydrogen-bond acceptors (Lipinski definition) is 2. The number of unbranched alkanes of at least 4 members (excludes halogenated alkanes) is 3. The van der Waals surface area contributed by atoms with E-state index in [0.717, 1.165) is 25.9 Å². The Morgan fingerprint density at radius 2 is 1.83 bits per heavy atom. The van der Waals surface area contributed by atoms with Gasteiger partial charge in [-0.15, -0.1) is 0 Å². The van der Waals surface area contributed by atoms with Gasteiger partial charge in [0.2, 0.25) is 5.91 Å². The second kappa shape index (κ2) is 7.78. The average Bonchev–Trinajstić information content (AvgIpc) is 2.43. The van der Waals surface area contributed by atoms with E-state index in [1.165, 1.54) is 25.7 Å². The Balaban J connectivity index is 2.47. The fourth-order valence-electron chi connectivity index (χ4n) is 2.53. The summed E-state index contributed by atoms with van der Waals surface area (Å²) in [6.07, 6.45) is 6.93. The van der Waals surface area contributed by atoms with Crippen molar-refractivity contribution in [2.75, 3.05) is 26.3 Å². The monoisotopic (exact) mass is 255 g/mol. The van der Waals surface area contributed by atoms with Gasteiger partial charge < -0.3 is 9.64 Å². The predicted octanol–water partition coefficient (Wildman–Crippen LogP) is 3.23. The smallest absolute Gasteiger partial charge is 0.228 e. The molecular weight excluding hydrogens is 226 g/mol. The first kappa shape index (κ1) is 15.5. The van der Waals surface area contributed by atoms with E-state index in [1.54, 1.807) is 0 Å². The summed E-state index contributed by atoms with van der Waals surface area (Å²) < 4.78 is 5.32. The van der Waals surface area contributed by atoms with Crippen LogP contribution in [0.25, 0.3) is 0 Å². The van der Waals surface area contributed by atoms with E-state index in [-0.39, 0.29) is 5.41 Å². The molecule has 0 bridgehead atoms. The summed E-state index contributed by atoms with van der Waals surface area (Å²) in [5.41, 5.74) is -0.162. The minimum Gasteiger partial charge on any atom is -0.378 e. The fourth-order valence-corrected chi connectivity index (χ4v) is 2.53. The van der Waals surface area contributed by atoms with Gasteiger partial charge in [0.1, 0.15) is 0 Å². The van der Waals surface area contributed by atoms with Crippen molar-refractivity contribution in [3.63, 3.8) is 0 Å². The van der Waals surface area contributed by atoms with Crippen LogP contribution in [-0.2, 0) is 9.53 Å². The highest BCUT2D eigenvalue weighted by molar-refractivity contribution is 5.82. The van der Waals surface area contributed by atoms with Crippen molar-refractivity contribution in [2.24, 2.45) is 5.41 Å². The van der Waals surface area contributed by atoms with Gasteiger partial charge in [0.25, 0.3) is 0 Å². The van der Waals surface area contributed by atoms with E-state index in [0.29, 0.717) is 19.1 Å². The van der Waals surface area contributed by atoms with Gasteiger partial charge in [-0.3, -0.25) is 4.79 Å². The zero-order chi connectivity index (χ0) is 13.4. The molecule has 0 aliphatic carbocycles. The molecule has 0 aromatic carbocycles. The van der Waals surface area contributed by atoms with Gasteiger partial charge in [-0.2, -0.15) is 0 Å². The molecule has 1 aliphatic rings. The number of hydrogen-bond donors (Lipinski definition) is 0. The van der Waals surface area contributed by atoms with Crippen LogP contribution in [0.3, 0.4) is 0 Å². The minimum absolute atomic E-state index is 0.162. The third kappa shape index (κ3) is 4.27. The Bertz CT molecular complexity index is 249. The fraction of sp³-hybridized carbons (Fsp3) is 0.933. The summed E-state index contributed by atoms with van der Waals surface area (Å²) >= 11 is 0. The van der Waals surface area contributed by atoms with Crippen LogP contribution in [0.5, 0.6) is 0 Å². The second-order valence-corrected chi connectivity index (χ2v) is 5.63. The lowest BCUT2D eigenvalue weighted by molar-refractivity contribution is -0.146. The molecule has 0 aromatic rings. The lowest BCUT2D eigenvalue weighted by Crippen LogP contribution is -2.47. The molecule has 106 valence electrons. The molecule has 1 unspecified atom stereocenters. The standard InChI is InChI=1S/C15H29NO2/c1-4-6-7-8-9-15(3,5-2)14(17)16-10-12-18-13-11-16/h4-13H2,1-3H3. The Hall–Kier alpha value is -0.570. The Morgan fingerprint density at radius 1 is 1.17 bits per heavy atom. The second-order valence-electron chi connectivity index (χ2n) is 5.63. The summed E-state index contributed by atoms with van der Waals surface area (Å²) in [6.45, 7) is 9.42. The Morgan fingerprint density at radius 3 is 2.39 bits per heavy atom. The number of amides is 1. The summed E-state index contributed by atoms with van der Waals surface area (Å²) in [5, 5.41) is 0. The van der Waals surface area contributed by atoms with E-state index < -0.39 is 0 Å². The summed E-state index contributed by atoms with van der Waals surface area (Å²) in [7, 11) is 0. The maximum atomic E-state index is 12.6. The van der Waals surface area contributed by atoms with E-state index in [1.807, 2.05) is 4.90 Å². The van der Waals surface area contributed by atoms with Crippen molar-refractivity contribution < 1.29 is 9.53 Å². The van der Waals surface area contributed by atoms with E-state index in [4.69, 9.17) is 4.74 Å². The minimum atomic E-state index is -0.162. The van der Waals surface area contributed by atoms with Gasteiger partial charge in [-0.1, -0.05) is 46.5 Å². The van der Waals surface area contributed by atoms with Crippen LogP contribution in [0.2, 0.25) is 0 Å². The molecule has 0 N–H and O–H groups in total. The summed E-state index contributed by atoms with van der Waals surface area (Å²) in [5.74, 6) is 0.338. The number of rotatable bonds is 7. The lowest BCUT2D eigenvalue weighted by Gasteiger charge is -2.36. The van der Waals surface area contributed by atoms with Crippen molar-refractivity contribution in [1.29, 1.82) is 0 Å². The van der Waals surface area contributed by atoms with Crippen LogP contribution in [0.4, 0.5) is 0 Å². The van der Waals surface area contributed by atoms with Gasteiger partial charge in [-0.05, 0) is 12.8 Å². The summed E-state index contributed by atoms with van der Waals surface area (Å²) in [6, 6.07) is 0. The van der Waals surface area contributed by atoms with Crippen LogP contribution in [-0.4, -0.2) is 37.1 Å². The molecule has 0 saturated carbocycles. The zero-order valence-corrected chi connectivity index (χ0v) is 12.3.